The predicted octanol–water partition coefficient (Wildman–Crippen LogP) is 5.11. The number of nitrogens with one attached hydrogen (secondary N) is 2. The number of rotatable bonds is 7. The normalized spacial score (nSPS) is 14.9. The molecule has 5 rings (SSSR count). The second-order valence-electron chi connectivity index (χ2n) is 9.21. The highest BCUT2D eigenvalue weighted by molar-refractivity contribution is 7.92. The van der Waals surface area contributed by atoms with E-state index in [1.54, 1.807) is 32.0 Å². The number of piperazine rings is 1. The molecule has 3 heterocycles. The molecule has 2 aromatic heterocycles. The van der Waals surface area contributed by atoms with Gasteiger partial charge in [-0.25, -0.2) is 13.4 Å². The van der Waals surface area contributed by atoms with Crippen LogP contribution in [0.15, 0.2) is 64.9 Å². The highest BCUT2D eigenvalue weighted by atomic mass is 32.2. The van der Waals surface area contributed by atoms with Gasteiger partial charge in [0.25, 0.3) is 0 Å². The van der Waals surface area contributed by atoms with Gasteiger partial charge in [-0.3, -0.25) is 0 Å². The van der Waals surface area contributed by atoms with Crippen LogP contribution in [0.1, 0.15) is 13.8 Å². The maximum absolute atomic E-state index is 12.9. The van der Waals surface area contributed by atoms with Crippen LogP contribution in [-0.4, -0.2) is 61.8 Å². The maximum atomic E-state index is 12.9. The Bertz CT molecular complexity index is 1460. The van der Waals surface area contributed by atoms with Crippen LogP contribution >= 0.6 is 11.3 Å². The van der Waals surface area contributed by atoms with Crippen molar-refractivity contribution >= 4 is 60.2 Å². The molecule has 10 heteroatoms. The number of para-hydroxylation sites is 1. The van der Waals surface area contributed by atoms with E-state index in [2.05, 4.69) is 44.6 Å². The molecule has 4 aromatic rings. The van der Waals surface area contributed by atoms with Gasteiger partial charge in [0.1, 0.15) is 0 Å². The van der Waals surface area contributed by atoms with Crippen LogP contribution in [0.3, 0.4) is 0 Å². The number of sulfone groups is 1. The van der Waals surface area contributed by atoms with Gasteiger partial charge in [-0.05, 0) is 68.7 Å². The van der Waals surface area contributed by atoms with Crippen molar-refractivity contribution in [2.75, 3.05) is 48.8 Å². The third-order valence-electron chi connectivity index (χ3n) is 6.36. The summed E-state index contributed by atoms with van der Waals surface area (Å²) in [5, 5.41) is 8.01. The van der Waals surface area contributed by atoms with Crippen molar-refractivity contribution in [1.29, 1.82) is 0 Å². The highest BCUT2D eigenvalue weighted by Gasteiger charge is 2.23. The second kappa shape index (κ2) is 10.0. The Kier molecular flexibility index (Phi) is 6.83. The quantitative estimate of drug-likeness (QED) is 0.346. The van der Waals surface area contributed by atoms with Crippen molar-refractivity contribution < 1.29 is 8.42 Å². The van der Waals surface area contributed by atoms with Crippen LogP contribution in [0.25, 0.3) is 10.2 Å². The molecule has 2 N–H and O–H groups in total. The standard InChI is InChI=1S/C26H30N6O2S2/c1-18(2)36(33,34)23-7-5-4-6-21(23)28-25-24-22(12-17-35-24)29-26(30-25)27-19-8-10-20(11-9-19)32-15-13-31(3)14-16-32/h4-12,17-18H,13-16H2,1-3H3,(H2,27,28,29,30). The van der Waals surface area contributed by atoms with Crippen molar-refractivity contribution in [2.24, 2.45) is 0 Å². The lowest BCUT2D eigenvalue weighted by Gasteiger charge is -2.34. The Labute approximate surface area is 215 Å². The number of anilines is 5. The van der Waals surface area contributed by atoms with Crippen molar-refractivity contribution in [3.05, 3.63) is 60.0 Å². The SMILES string of the molecule is CC(C)S(=O)(=O)c1ccccc1Nc1nc(Nc2ccc(N3CCN(C)CC3)cc2)nc2ccsc12. The molecule has 2 aromatic carbocycles. The summed E-state index contributed by atoms with van der Waals surface area (Å²) in [6.07, 6.45) is 0. The molecule has 0 saturated carbocycles. The fourth-order valence-electron chi connectivity index (χ4n) is 4.15. The van der Waals surface area contributed by atoms with Gasteiger partial charge in [-0.1, -0.05) is 12.1 Å². The maximum Gasteiger partial charge on any atom is 0.229 e. The minimum Gasteiger partial charge on any atom is -0.369 e. The third kappa shape index (κ3) is 5.02. The molecule has 0 radical (unpaired) electrons. The molecular formula is C26H30N6O2S2. The number of benzene rings is 2. The van der Waals surface area contributed by atoms with Gasteiger partial charge in [0, 0.05) is 37.6 Å². The van der Waals surface area contributed by atoms with E-state index < -0.39 is 15.1 Å². The van der Waals surface area contributed by atoms with E-state index in [4.69, 9.17) is 4.98 Å². The first-order valence-electron chi connectivity index (χ1n) is 12.0. The lowest BCUT2D eigenvalue weighted by molar-refractivity contribution is 0.313. The molecule has 0 spiro atoms. The van der Waals surface area contributed by atoms with Crippen LogP contribution in [0, 0.1) is 0 Å². The van der Waals surface area contributed by atoms with Crippen molar-refractivity contribution in [3.63, 3.8) is 0 Å². The number of hydrogen-bond donors (Lipinski definition) is 2. The Morgan fingerprint density at radius 2 is 1.64 bits per heavy atom. The highest BCUT2D eigenvalue weighted by Crippen LogP contribution is 2.33. The number of likely N-dealkylation sites (N-methyl/N-ethyl adjacent to an activating group) is 1. The molecule has 1 aliphatic heterocycles. The first kappa shape index (κ1) is 24.5. The minimum atomic E-state index is -3.47. The van der Waals surface area contributed by atoms with Gasteiger partial charge < -0.3 is 20.4 Å². The van der Waals surface area contributed by atoms with Crippen molar-refractivity contribution in [3.8, 4) is 0 Å². The van der Waals surface area contributed by atoms with Gasteiger partial charge in [0.05, 0.1) is 26.0 Å². The summed E-state index contributed by atoms with van der Waals surface area (Å²) in [5.74, 6) is 1.01. The molecule has 1 aliphatic rings. The zero-order valence-corrected chi connectivity index (χ0v) is 22.2. The summed E-state index contributed by atoms with van der Waals surface area (Å²) in [4.78, 5) is 14.4. The molecule has 188 valence electrons. The molecule has 36 heavy (non-hydrogen) atoms. The molecule has 1 fully saturated rings. The van der Waals surface area contributed by atoms with E-state index in [1.807, 2.05) is 29.6 Å². The monoisotopic (exact) mass is 522 g/mol. The third-order valence-corrected chi connectivity index (χ3v) is 9.48. The largest absolute Gasteiger partial charge is 0.369 e. The van der Waals surface area contributed by atoms with Gasteiger partial charge in [0.15, 0.2) is 15.7 Å². The van der Waals surface area contributed by atoms with Gasteiger partial charge in [0.2, 0.25) is 5.95 Å². The average molecular weight is 523 g/mol. The molecule has 0 atom stereocenters. The van der Waals surface area contributed by atoms with Gasteiger partial charge in [-0.2, -0.15) is 4.98 Å². The Morgan fingerprint density at radius 1 is 0.917 bits per heavy atom. The Balaban J connectivity index is 1.41. The van der Waals surface area contributed by atoms with Gasteiger partial charge in [-0.15, -0.1) is 11.3 Å². The van der Waals surface area contributed by atoms with Crippen LogP contribution in [0.4, 0.5) is 28.8 Å². The van der Waals surface area contributed by atoms with E-state index in [-0.39, 0.29) is 4.90 Å². The fraction of sp³-hybridized carbons (Fsp3) is 0.308. The van der Waals surface area contributed by atoms with Crippen molar-refractivity contribution in [1.82, 2.24) is 14.9 Å². The number of nitrogens with zero attached hydrogens (tertiary/aromatic N) is 4. The first-order valence-corrected chi connectivity index (χ1v) is 14.4. The van der Waals surface area contributed by atoms with E-state index in [0.29, 0.717) is 17.5 Å². The van der Waals surface area contributed by atoms with E-state index in [9.17, 15) is 8.42 Å². The molecule has 0 bridgehead atoms. The summed E-state index contributed by atoms with van der Waals surface area (Å²) in [7, 11) is -1.32. The number of fused-ring (bicyclic) bond motifs is 1. The Hall–Kier alpha value is -3.21. The van der Waals surface area contributed by atoms with Crippen LogP contribution in [-0.2, 0) is 9.84 Å². The number of thiophene rings is 1. The molecule has 1 saturated heterocycles. The van der Waals surface area contributed by atoms with Crippen LogP contribution in [0.2, 0.25) is 0 Å². The number of aromatic nitrogens is 2. The molecular weight excluding hydrogens is 492 g/mol. The van der Waals surface area contributed by atoms with Crippen LogP contribution < -0.4 is 15.5 Å². The number of hydrogen-bond acceptors (Lipinski definition) is 9. The topological polar surface area (TPSA) is 90.5 Å². The smallest absolute Gasteiger partial charge is 0.229 e. The molecule has 0 amide bonds. The van der Waals surface area contributed by atoms with E-state index in [1.165, 1.54) is 17.0 Å². The molecule has 0 unspecified atom stereocenters. The minimum absolute atomic E-state index is 0.261. The summed E-state index contributed by atoms with van der Waals surface area (Å²) >= 11 is 1.51. The summed E-state index contributed by atoms with van der Waals surface area (Å²) in [5.41, 5.74) is 3.38. The lowest BCUT2D eigenvalue weighted by Crippen LogP contribution is -2.44. The predicted molar refractivity (Wildman–Crippen MR) is 149 cm³/mol. The Morgan fingerprint density at radius 3 is 2.36 bits per heavy atom. The zero-order chi connectivity index (χ0) is 25.3. The summed E-state index contributed by atoms with van der Waals surface area (Å²) in [6.45, 7) is 7.53. The fourth-order valence-corrected chi connectivity index (χ4v) is 6.13. The average Bonchev–Trinajstić information content (AvgIpc) is 3.34. The first-order chi connectivity index (χ1) is 17.3. The summed E-state index contributed by atoms with van der Waals surface area (Å²) < 4.78 is 26.7. The lowest BCUT2D eigenvalue weighted by atomic mass is 10.2. The van der Waals surface area contributed by atoms with Crippen molar-refractivity contribution in [2.45, 2.75) is 24.0 Å². The van der Waals surface area contributed by atoms with Gasteiger partial charge >= 0.3 is 0 Å². The second-order valence-corrected chi connectivity index (χ2v) is 12.6. The van der Waals surface area contributed by atoms with E-state index in [0.717, 1.165) is 42.1 Å². The zero-order valence-electron chi connectivity index (χ0n) is 20.6. The van der Waals surface area contributed by atoms with E-state index >= 15 is 0 Å². The van der Waals surface area contributed by atoms with Crippen LogP contribution in [0.5, 0.6) is 0 Å². The molecule has 0 aliphatic carbocycles. The summed E-state index contributed by atoms with van der Waals surface area (Å²) in [6, 6.07) is 17.2. The molecule has 8 nitrogen and oxygen atoms in total.